The molecule has 0 aromatic heterocycles. The minimum atomic E-state index is -3.98. The smallest absolute Gasteiger partial charge is 0.330 e. The lowest BCUT2D eigenvalue weighted by molar-refractivity contribution is -0.133. The third kappa shape index (κ3) is 17.0. The summed E-state index contributed by atoms with van der Waals surface area (Å²) in [5, 5.41) is 15.9. The van der Waals surface area contributed by atoms with E-state index < -0.39 is 27.8 Å². The van der Waals surface area contributed by atoms with Gasteiger partial charge in [0.15, 0.2) is 0 Å². The maximum absolute atomic E-state index is 10.2. The zero-order valence-corrected chi connectivity index (χ0v) is 9.98. The zero-order valence-electron chi connectivity index (χ0n) is 9.16. The molecule has 0 bridgehead atoms. The van der Waals surface area contributed by atoms with Crippen LogP contribution in [0.15, 0.2) is 24.3 Å². The second-order valence-electron chi connectivity index (χ2n) is 2.81. The van der Waals surface area contributed by atoms with Gasteiger partial charge in [0.25, 0.3) is 10.1 Å². The average molecular weight is 266 g/mol. The van der Waals surface area contributed by atoms with Crippen LogP contribution in [0.4, 0.5) is 0 Å². The Kier molecular flexibility index (Phi) is 8.84. The molecule has 0 aliphatic heterocycles. The van der Waals surface area contributed by atoms with Gasteiger partial charge in [0.05, 0.1) is 5.75 Å². The first kappa shape index (κ1) is 17.7. The van der Waals surface area contributed by atoms with Crippen molar-refractivity contribution in [1.29, 1.82) is 0 Å². The summed E-state index contributed by atoms with van der Waals surface area (Å²) in [7, 11) is -3.98. The number of hydrogen-bond acceptors (Lipinski definition) is 4. The summed E-state index contributed by atoms with van der Waals surface area (Å²) < 4.78 is 28.6. The Hall–Kier alpha value is -1.67. The lowest BCUT2D eigenvalue weighted by Crippen LogP contribution is -2.03. The maximum atomic E-state index is 10.2. The second kappa shape index (κ2) is 8.48. The van der Waals surface area contributed by atoms with E-state index in [9.17, 15) is 18.0 Å². The summed E-state index contributed by atoms with van der Waals surface area (Å²) >= 11 is 0. The lowest BCUT2D eigenvalue weighted by atomic mass is 10.2. The number of hydrogen-bond donors (Lipinski definition) is 3. The molecule has 0 aliphatic rings. The topological polar surface area (TPSA) is 129 Å². The van der Waals surface area contributed by atoms with Gasteiger partial charge < -0.3 is 10.2 Å². The molecule has 0 aromatic carbocycles. The number of carboxylic acids is 2. The van der Waals surface area contributed by atoms with Gasteiger partial charge in [-0.3, -0.25) is 4.55 Å². The predicted octanol–water partition coefficient (Wildman–Crippen LogP) is 0.552. The SMILES string of the molecule is C=CC(=O)O.CC(=CCCS(=O)(=O)O)C(=O)O. The van der Waals surface area contributed by atoms with E-state index in [-0.39, 0.29) is 12.0 Å². The third-order valence-electron chi connectivity index (χ3n) is 1.34. The van der Waals surface area contributed by atoms with Gasteiger partial charge in [0, 0.05) is 11.6 Å². The standard InChI is InChI=1S/C6H10O5S.C3H4O2/c1-5(6(7)8)3-2-4-12(9,10)11;1-2-3(4)5/h3H,2,4H2,1H3,(H,7,8)(H,9,10,11);2H,1H2,(H,4,5). The van der Waals surface area contributed by atoms with Gasteiger partial charge >= 0.3 is 11.9 Å². The second-order valence-corrected chi connectivity index (χ2v) is 4.38. The highest BCUT2D eigenvalue weighted by molar-refractivity contribution is 7.85. The van der Waals surface area contributed by atoms with Crippen molar-refractivity contribution in [2.45, 2.75) is 13.3 Å². The van der Waals surface area contributed by atoms with Gasteiger partial charge in [-0.15, -0.1) is 0 Å². The Morgan fingerprint density at radius 3 is 1.94 bits per heavy atom. The van der Waals surface area contributed by atoms with Gasteiger partial charge in [0.1, 0.15) is 0 Å². The summed E-state index contributed by atoms with van der Waals surface area (Å²) in [5.41, 5.74) is 0.0682. The summed E-state index contributed by atoms with van der Waals surface area (Å²) in [4.78, 5) is 19.4. The van der Waals surface area contributed by atoms with Crippen LogP contribution in [0, 0.1) is 0 Å². The van der Waals surface area contributed by atoms with Crippen molar-refractivity contribution in [3.63, 3.8) is 0 Å². The summed E-state index contributed by atoms with van der Waals surface area (Å²) in [6.45, 7) is 4.31. The summed E-state index contributed by atoms with van der Waals surface area (Å²) in [6.07, 6.45) is 2.09. The van der Waals surface area contributed by atoms with Gasteiger partial charge in [-0.25, -0.2) is 9.59 Å². The van der Waals surface area contributed by atoms with Crippen LogP contribution < -0.4 is 0 Å². The number of carboxylic acid groups (broad SMARTS) is 2. The van der Waals surface area contributed by atoms with Crippen LogP contribution in [0.1, 0.15) is 13.3 Å². The normalized spacial score (nSPS) is 11.1. The maximum Gasteiger partial charge on any atom is 0.330 e. The fourth-order valence-corrected chi connectivity index (χ4v) is 0.927. The predicted molar refractivity (Wildman–Crippen MR) is 60.3 cm³/mol. The van der Waals surface area contributed by atoms with Crippen LogP contribution in [0.2, 0.25) is 0 Å². The fourth-order valence-electron chi connectivity index (χ4n) is 0.512. The minimum Gasteiger partial charge on any atom is -0.478 e. The van der Waals surface area contributed by atoms with E-state index >= 15 is 0 Å². The molecular formula is C9H14O7S. The van der Waals surface area contributed by atoms with Gasteiger partial charge in [-0.05, 0) is 13.3 Å². The Bertz CT molecular complexity index is 405. The number of aliphatic carboxylic acids is 2. The van der Waals surface area contributed by atoms with E-state index in [4.69, 9.17) is 14.8 Å². The molecule has 98 valence electrons. The van der Waals surface area contributed by atoms with Crippen molar-refractivity contribution < 1.29 is 32.8 Å². The average Bonchev–Trinajstić information content (AvgIpc) is 2.16. The number of allylic oxidation sites excluding steroid dienone is 1. The Labute approximate surface area is 98.8 Å². The molecular weight excluding hydrogens is 252 g/mol. The van der Waals surface area contributed by atoms with Crippen LogP contribution in [0.5, 0.6) is 0 Å². The largest absolute Gasteiger partial charge is 0.478 e. The molecule has 0 heterocycles. The van der Waals surface area contributed by atoms with Gasteiger partial charge in [-0.1, -0.05) is 12.7 Å². The molecule has 0 amide bonds. The molecule has 0 atom stereocenters. The first-order chi connectivity index (χ1) is 7.60. The molecule has 0 rings (SSSR count). The molecule has 8 heteroatoms. The molecule has 3 N–H and O–H groups in total. The molecule has 0 aromatic rings. The van der Waals surface area contributed by atoms with E-state index in [2.05, 4.69) is 6.58 Å². The zero-order chi connectivity index (χ0) is 14.1. The number of carbonyl (C=O) groups is 2. The first-order valence-electron chi connectivity index (χ1n) is 4.30. The molecule has 0 radical (unpaired) electrons. The molecule has 0 saturated heterocycles. The monoisotopic (exact) mass is 266 g/mol. The molecule has 0 fully saturated rings. The van der Waals surface area contributed by atoms with Crippen molar-refractivity contribution in [1.82, 2.24) is 0 Å². The highest BCUT2D eigenvalue weighted by atomic mass is 32.2. The Morgan fingerprint density at radius 2 is 1.71 bits per heavy atom. The van der Waals surface area contributed by atoms with Gasteiger partial charge in [0.2, 0.25) is 0 Å². The lowest BCUT2D eigenvalue weighted by Gasteiger charge is -1.93. The van der Waals surface area contributed by atoms with Crippen molar-refractivity contribution in [2.24, 2.45) is 0 Å². The highest BCUT2D eigenvalue weighted by Crippen LogP contribution is 1.97. The summed E-state index contributed by atoms with van der Waals surface area (Å²) in [6, 6.07) is 0. The molecule has 7 nitrogen and oxygen atoms in total. The van der Waals surface area contributed by atoms with Crippen LogP contribution in [0.25, 0.3) is 0 Å². The van der Waals surface area contributed by atoms with Crippen LogP contribution >= 0.6 is 0 Å². The van der Waals surface area contributed by atoms with Crippen molar-refractivity contribution in [2.75, 3.05) is 5.75 Å². The fraction of sp³-hybridized carbons (Fsp3) is 0.333. The van der Waals surface area contributed by atoms with Crippen LogP contribution in [-0.2, 0) is 19.7 Å². The van der Waals surface area contributed by atoms with E-state index in [1.165, 1.54) is 13.0 Å². The third-order valence-corrected chi connectivity index (χ3v) is 2.09. The highest BCUT2D eigenvalue weighted by Gasteiger charge is 2.03. The van der Waals surface area contributed by atoms with E-state index in [1.807, 2.05) is 0 Å². The quantitative estimate of drug-likeness (QED) is 0.489. The van der Waals surface area contributed by atoms with Crippen molar-refractivity contribution in [3.8, 4) is 0 Å². The molecule has 0 spiro atoms. The molecule has 17 heavy (non-hydrogen) atoms. The summed E-state index contributed by atoms with van der Waals surface area (Å²) in [5.74, 6) is -2.52. The van der Waals surface area contributed by atoms with Gasteiger partial charge in [-0.2, -0.15) is 8.42 Å². The molecule has 0 saturated carbocycles. The van der Waals surface area contributed by atoms with Crippen molar-refractivity contribution >= 4 is 22.1 Å². The Morgan fingerprint density at radius 1 is 1.29 bits per heavy atom. The number of rotatable bonds is 5. The minimum absolute atomic E-state index is 0.0109. The molecule has 0 aliphatic carbocycles. The van der Waals surface area contributed by atoms with Crippen LogP contribution in [0.3, 0.4) is 0 Å². The van der Waals surface area contributed by atoms with E-state index in [1.54, 1.807) is 0 Å². The first-order valence-corrected chi connectivity index (χ1v) is 5.91. The van der Waals surface area contributed by atoms with E-state index in [0.717, 1.165) is 6.08 Å². The Balaban J connectivity index is 0. The molecule has 0 unspecified atom stereocenters. The van der Waals surface area contributed by atoms with Crippen LogP contribution in [-0.4, -0.2) is 40.9 Å². The van der Waals surface area contributed by atoms with E-state index in [0.29, 0.717) is 0 Å². The van der Waals surface area contributed by atoms with Crippen molar-refractivity contribution in [3.05, 3.63) is 24.3 Å².